The first-order valence-corrected chi connectivity index (χ1v) is 10.9. The third-order valence-corrected chi connectivity index (χ3v) is 6.54. The van der Waals surface area contributed by atoms with Crippen molar-refractivity contribution in [2.45, 2.75) is 56.5 Å². The first kappa shape index (κ1) is 20.4. The number of hydrogen-bond donors (Lipinski definition) is 3. The van der Waals surface area contributed by atoms with E-state index in [9.17, 15) is 4.79 Å². The number of nitrogens with zero attached hydrogens (tertiary/aromatic N) is 2. The van der Waals surface area contributed by atoms with Crippen molar-refractivity contribution >= 4 is 17.6 Å². The quantitative estimate of drug-likeness (QED) is 0.654. The fraction of sp³-hybridized carbons (Fsp3) is 0.458. The molecule has 1 aromatic heterocycles. The molecule has 1 amide bonds. The minimum absolute atomic E-state index is 0.0331. The number of carbonyl (C=O) groups is 1. The van der Waals surface area contributed by atoms with Crippen molar-refractivity contribution in [3.05, 3.63) is 60.4 Å². The Bertz CT molecular complexity index is 872. The zero-order valence-corrected chi connectivity index (χ0v) is 17.6. The molecule has 3 N–H and O–H groups in total. The van der Waals surface area contributed by atoms with Crippen molar-refractivity contribution in [3.63, 3.8) is 0 Å². The molecule has 2 aliphatic rings. The van der Waals surface area contributed by atoms with E-state index in [-0.39, 0.29) is 11.9 Å². The van der Waals surface area contributed by atoms with Crippen LogP contribution in [0.4, 0.5) is 5.69 Å². The molecule has 0 unspecified atom stereocenters. The lowest BCUT2D eigenvalue weighted by Gasteiger charge is -2.36. The lowest BCUT2D eigenvalue weighted by Crippen LogP contribution is -2.49. The lowest BCUT2D eigenvalue weighted by molar-refractivity contribution is -0.131. The smallest absolute Gasteiger partial charge is 0.254 e. The fourth-order valence-corrected chi connectivity index (χ4v) is 4.98. The molecule has 1 aliphatic heterocycles. The number of guanidine groups is 1. The number of aryl methyl sites for hydroxylation is 1. The van der Waals surface area contributed by atoms with Gasteiger partial charge in [-0.3, -0.25) is 20.1 Å². The number of amides is 1. The molecule has 4 rings (SSSR count). The van der Waals surface area contributed by atoms with Crippen molar-refractivity contribution in [1.82, 2.24) is 15.2 Å². The second-order valence-electron chi connectivity index (χ2n) is 8.73. The van der Waals surface area contributed by atoms with Crippen LogP contribution < -0.4 is 10.6 Å². The Morgan fingerprint density at radius 2 is 2.07 bits per heavy atom. The molecule has 0 spiro atoms. The van der Waals surface area contributed by atoms with Gasteiger partial charge in [0.05, 0.1) is 5.69 Å². The van der Waals surface area contributed by atoms with E-state index in [2.05, 4.69) is 33.8 Å². The van der Waals surface area contributed by atoms with E-state index in [0.717, 1.165) is 44.2 Å². The van der Waals surface area contributed by atoms with Gasteiger partial charge in [-0.05, 0) is 55.7 Å². The van der Waals surface area contributed by atoms with Crippen LogP contribution >= 0.6 is 0 Å². The molecule has 1 aromatic carbocycles. The zero-order valence-electron chi connectivity index (χ0n) is 17.6. The summed E-state index contributed by atoms with van der Waals surface area (Å²) >= 11 is 0. The molecule has 6 nitrogen and oxygen atoms in total. The molecule has 6 heteroatoms. The van der Waals surface area contributed by atoms with Crippen molar-refractivity contribution in [3.8, 4) is 0 Å². The third-order valence-electron chi connectivity index (χ3n) is 6.54. The largest absolute Gasteiger partial charge is 0.381 e. The van der Waals surface area contributed by atoms with Crippen molar-refractivity contribution in [2.75, 3.05) is 12.4 Å². The Morgan fingerprint density at radius 1 is 1.23 bits per heavy atom. The van der Waals surface area contributed by atoms with Gasteiger partial charge in [0.2, 0.25) is 0 Å². The van der Waals surface area contributed by atoms with Gasteiger partial charge >= 0.3 is 0 Å². The molecule has 158 valence electrons. The molecule has 3 atom stereocenters. The van der Waals surface area contributed by atoms with E-state index in [0.29, 0.717) is 18.4 Å². The average Bonchev–Trinajstić information content (AvgIpc) is 2.98. The summed E-state index contributed by atoms with van der Waals surface area (Å²) in [4.78, 5) is 18.9. The minimum atomic E-state index is -0.678. The molecule has 2 heterocycles. The van der Waals surface area contributed by atoms with Crippen LogP contribution in [0.25, 0.3) is 0 Å². The summed E-state index contributed by atoms with van der Waals surface area (Å²) in [5.41, 5.74) is 1.61. The standard InChI is InChI=1S/C24H31N5O/c1-29-22(30)24(28-23(29)25,13-12-18-7-3-2-4-8-18)16-19-9-5-10-20(15-19)27-21-11-6-14-26-17-21/h2-4,6-8,11,14,17,19-20,27H,5,9-10,12-13,15-16H2,1H3,(H2,25,28)/t19-,20+,24+/m0/s1. The number of hydrogen-bond acceptors (Lipinski definition) is 4. The molecule has 1 aliphatic carbocycles. The highest BCUT2D eigenvalue weighted by atomic mass is 16.2. The third kappa shape index (κ3) is 4.48. The van der Waals surface area contributed by atoms with E-state index in [1.807, 2.05) is 30.5 Å². The molecule has 1 saturated carbocycles. The topological polar surface area (TPSA) is 81.1 Å². The van der Waals surface area contributed by atoms with Gasteiger partial charge in [0, 0.05) is 25.5 Å². The van der Waals surface area contributed by atoms with E-state index >= 15 is 0 Å². The molecule has 2 fully saturated rings. The normalized spacial score (nSPS) is 26.5. The van der Waals surface area contributed by atoms with Crippen molar-refractivity contribution in [2.24, 2.45) is 5.92 Å². The summed E-state index contributed by atoms with van der Waals surface area (Å²) in [5, 5.41) is 15.1. The van der Waals surface area contributed by atoms with Gasteiger partial charge in [-0.1, -0.05) is 43.2 Å². The number of benzene rings is 1. The van der Waals surface area contributed by atoms with Crippen LogP contribution in [0, 0.1) is 11.3 Å². The summed E-state index contributed by atoms with van der Waals surface area (Å²) in [5.74, 6) is 0.694. The molecule has 2 aromatic rings. The molecule has 0 radical (unpaired) electrons. The molecule has 0 bridgehead atoms. The van der Waals surface area contributed by atoms with Gasteiger partial charge in [-0.2, -0.15) is 0 Å². The monoisotopic (exact) mass is 405 g/mol. The van der Waals surface area contributed by atoms with Crippen LogP contribution in [0.15, 0.2) is 54.9 Å². The second kappa shape index (κ2) is 8.86. The highest BCUT2D eigenvalue weighted by molar-refractivity contribution is 6.07. The number of aromatic nitrogens is 1. The second-order valence-corrected chi connectivity index (χ2v) is 8.73. The van der Waals surface area contributed by atoms with Crippen LogP contribution in [-0.4, -0.2) is 40.4 Å². The zero-order chi connectivity index (χ0) is 21.0. The summed E-state index contributed by atoms with van der Waals surface area (Å²) in [7, 11) is 1.70. The maximum Gasteiger partial charge on any atom is 0.254 e. The van der Waals surface area contributed by atoms with E-state index in [1.165, 1.54) is 10.5 Å². The van der Waals surface area contributed by atoms with Crippen molar-refractivity contribution in [1.29, 1.82) is 5.41 Å². The Balaban J connectivity index is 1.46. The Morgan fingerprint density at radius 3 is 2.77 bits per heavy atom. The first-order chi connectivity index (χ1) is 14.6. The van der Waals surface area contributed by atoms with Crippen LogP contribution in [0.1, 0.15) is 44.1 Å². The van der Waals surface area contributed by atoms with Crippen molar-refractivity contribution < 1.29 is 4.79 Å². The van der Waals surface area contributed by atoms with E-state index < -0.39 is 5.54 Å². The maximum absolute atomic E-state index is 13.2. The summed E-state index contributed by atoms with van der Waals surface area (Å²) in [6, 6.07) is 14.7. The number of likely N-dealkylation sites (N-methyl/N-ethyl adjacent to an activating group) is 1. The van der Waals surface area contributed by atoms with Gasteiger partial charge in [0.15, 0.2) is 5.96 Å². The Labute approximate surface area is 178 Å². The number of carbonyl (C=O) groups excluding carboxylic acids is 1. The Hall–Kier alpha value is -2.89. The lowest BCUT2D eigenvalue weighted by atomic mass is 9.75. The fourth-order valence-electron chi connectivity index (χ4n) is 4.98. The van der Waals surface area contributed by atoms with Crippen LogP contribution in [0.3, 0.4) is 0 Å². The molecule has 30 heavy (non-hydrogen) atoms. The number of nitrogens with one attached hydrogen (secondary N) is 3. The minimum Gasteiger partial charge on any atom is -0.381 e. The SMILES string of the molecule is CN1C(=N)N[C@](CCc2ccccc2)(C[C@H]2CCC[C@@H](Nc3cccnc3)C2)C1=O. The van der Waals surface area contributed by atoms with Crippen LogP contribution in [-0.2, 0) is 11.2 Å². The number of anilines is 1. The van der Waals surface area contributed by atoms with Gasteiger partial charge in [0.1, 0.15) is 5.54 Å². The Kier molecular flexibility index (Phi) is 6.02. The highest BCUT2D eigenvalue weighted by Gasteiger charge is 2.49. The molecular weight excluding hydrogens is 374 g/mol. The van der Waals surface area contributed by atoms with E-state index in [1.54, 1.807) is 13.2 Å². The molecule has 1 saturated heterocycles. The van der Waals surface area contributed by atoms with Gasteiger partial charge in [-0.15, -0.1) is 0 Å². The summed E-state index contributed by atoms with van der Waals surface area (Å²) in [6.07, 6.45) is 10.4. The summed E-state index contributed by atoms with van der Waals surface area (Å²) in [6.45, 7) is 0. The predicted molar refractivity (Wildman–Crippen MR) is 119 cm³/mol. The van der Waals surface area contributed by atoms with Gasteiger partial charge in [-0.25, -0.2) is 0 Å². The van der Waals surface area contributed by atoms with Crippen LogP contribution in [0.5, 0.6) is 0 Å². The van der Waals surface area contributed by atoms with E-state index in [4.69, 9.17) is 5.41 Å². The number of rotatable bonds is 7. The molecular formula is C24H31N5O. The van der Waals surface area contributed by atoms with Gasteiger partial charge in [0.25, 0.3) is 5.91 Å². The maximum atomic E-state index is 13.2. The number of pyridine rings is 1. The predicted octanol–water partition coefficient (Wildman–Crippen LogP) is 3.81. The van der Waals surface area contributed by atoms with Gasteiger partial charge < -0.3 is 10.6 Å². The summed E-state index contributed by atoms with van der Waals surface area (Å²) < 4.78 is 0. The highest BCUT2D eigenvalue weighted by Crippen LogP contribution is 2.36. The first-order valence-electron chi connectivity index (χ1n) is 10.9. The average molecular weight is 406 g/mol. The van der Waals surface area contributed by atoms with Crippen LogP contribution in [0.2, 0.25) is 0 Å².